The molecule has 0 spiro atoms. The van der Waals surface area contributed by atoms with Crippen molar-refractivity contribution in [3.63, 3.8) is 0 Å². The fourth-order valence-corrected chi connectivity index (χ4v) is 3.27. The highest BCUT2D eigenvalue weighted by molar-refractivity contribution is 5.74. The molecule has 2 amide bonds. The van der Waals surface area contributed by atoms with Crippen LogP contribution in [0.25, 0.3) is 0 Å². The Morgan fingerprint density at radius 3 is 2.68 bits per heavy atom. The number of amides is 2. The molecule has 1 aliphatic heterocycles. The highest BCUT2D eigenvalue weighted by Crippen LogP contribution is 2.33. The lowest BCUT2D eigenvalue weighted by Gasteiger charge is -2.25. The van der Waals surface area contributed by atoms with E-state index in [0.717, 1.165) is 25.4 Å². The van der Waals surface area contributed by atoms with Crippen LogP contribution in [0.3, 0.4) is 0 Å². The molecule has 5 heteroatoms. The number of urea groups is 1. The van der Waals surface area contributed by atoms with Crippen molar-refractivity contribution in [2.24, 2.45) is 5.92 Å². The highest BCUT2D eigenvalue weighted by Gasteiger charge is 2.39. The van der Waals surface area contributed by atoms with Crippen LogP contribution >= 0.6 is 0 Å². The predicted octanol–water partition coefficient (Wildman–Crippen LogP) is 2.10. The van der Waals surface area contributed by atoms with E-state index in [2.05, 4.69) is 36.3 Å². The first-order valence-electron chi connectivity index (χ1n) is 8.79. The number of nitrogens with zero attached hydrogens (tertiary/aromatic N) is 1. The molecular weight excluding hydrogens is 278 g/mol. The maximum Gasteiger partial charge on any atom is 0.315 e. The summed E-state index contributed by atoms with van der Waals surface area (Å²) in [5, 5.41) is 16.2. The van der Waals surface area contributed by atoms with Crippen LogP contribution in [0.4, 0.5) is 4.79 Å². The SMILES string of the molecule is CC(C)CCC(C)(O)CNC(=O)NC1CC(C)N(C2CC2)C1. The van der Waals surface area contributed by atoms with Crippen LogP contribution in [0, 0.1) is 5.92 Å². The molecule has 5 nitrogen and oxygen atoms in total. The molecule has 128 valence electrons. The standard InChI is InChI=1S/C17H33N3O2/c1-12(2)7-8-17(4,22)11-18-16(21)19-14-9-13(3)20(10-14)15-5-6-15/h12-15,22H,5-11H2,1-4H3,(H2,18,19,21). The van der Waals surface area contributed by atoms with Crippen molar-refractivity contribution < 1.29 is 9.90 Å². The van der Waals surface area contributed by atoms with E-state index in [-0.39, 0.29) is 12.1 Å². The van der Waals surface area contributed by atoms with Crippen LogP contribution in [0.1, 0.15) is 59.8 Å². The molecule has 0 aromatic carbocycles. The zero-order valence-electron chi connectivity index (χ0n) is 14.6. The topological polar surface area (TPSA) is 64.6 Å². The lowest BCUT2D eigenvalue weighted by Crippen LogP contribution is -2.48. The van der Waals surface area contributed by atoms with E-state index in [1.165, 1.54) is 12.8 Å². The number of rotatable bonds is 7. The average molecular weight is 311 g/mol. The van der Waals surface area contributed by atoms with Gasteiger partial charge in [0.15, 0.2) is 0 Å². The van der Waals surface area contributed by atoms with Gasteiger partial charge >= 0.3 is 6.03 Å². The van der Waals surface area contributed by atoms with Gasteiger partial charge in [-0.1, -0.05) is 13.8 Å². The summed E-state index contributed by atoms with van der Waals surface area (Å²) in [4.78, 5) is 14.5. The minimum absolute atomic E-state index is 0.153. The maximum atomic E-state index is 12.0. The molecule has 3 N–H and O–H groups in total. The molecule has 2 rings (SSSR count). The van der Waals surface area contributed by atoms with Crippen LogP contribution in [-0.2, 0) is 0 Å². The third-order valence-electron chi connectivity index (χ3n) is 4.86. The molecule has 3 unspecified atom stereocenters. The normalized spacial score (nSPS) is 28.6. The second-order valence-electron chi connectivity index (χ2n) is 7.97. The molecular formula is C17H33N3O2. The van der Waals surface area contributed by atoms with Crippen molar-refractivity contribution in [1.29, 1.82) is 0 Å². The molecule has 0 aromatic heterocycles. The zero-order valence-corrected chi connectivity index (χ0v) is 14.6. The fraction of sp³-hybridized carbons (Fsp3) is 0.941. The molecule has 2 fully saturated rings. The van der Waals surface area contributed by atoms with Gasteiger partial charge in [0.25, 0.3) is 0 Å². The molecule has 0 bridgehead atoms. The molecule has 1 heterocycles. The van der Waals surface area contributed by atoms with Crippen LogP contribution in [0.2, 0.25) is 0 Å². The Morgan fingerprint density at radius 1 is 1.41 bits per heavy atom. The lowest BCUT2D eigenvalue weighted by molar-refractivity contribution is 0.0476. The summed E-state index contributed by atoms with van der Waals surface area (Å²) in [6.45, 7) is 9.59. The van der Waals surface area contributed by atoms with Crippen LogP contribution < -0.4 is 10.6 Å². The average Bonchev–Trinajstić information content (AvgIpc) is 3.19. The largest absolute Gasteiger partial charge is 0.388 e. The van der Waals surface area contributed by atoms with Gasteiger partial charge in [0.05, 0.1) is 5.60 Å². The minimum atomic E-state index is -0.829. The van der Waals surface area contributed by atoms with Crippen LogP contribution in [-0.4, -0.2) is 52.9 Å². The maximum absolute atomic E-state index is 12.0. The van der Waals surface area contributed by atoms with Crippen molar-refractivity contribution in [1.82, 2.24) is 15.5 Å². The summed E-state index contributed by atoms with van der Waals surface area (Å²) < 4.78 is 0. The Bertz CT molecular complexity index is 380. The van der Waals surface area contributed by atoms with E-state index in [9.17, 15) is 9.90 Å². The molecule has 1 saturated carbocycles. The van der Waals surface area contributed by atoms with E-state index >= 15 is 0 Å². The predicted molar refractivity (Wildman–Crippen MR) is 88.8 cm³/mol. The smallest absolute Gasteiger partial charge is 0.315 e. The summed E-state index contributed by atoms with van der Waals surface area (Å²) in [5.74, 6) is 0.564. The Labute approximate surface area is 134 Å². The summed E-state index contributed by atoms with van der Waals surface area (Å²) in [6, 6.07) is 1.39. The summed E-state index contributed by atoms with van der Waals surface area (Å²) in [6.07, 6.45) is 5.31. The fourth-order valence-electron chi connectivity index (χ4n) is 3.27. The third kappa shape index (κ3) is 5.43. The Hall–Kier alpha value is -0.810. The monoisotopic (exact) mass is 311 g/mol. The molecule has 1 saturated heterocycles. The first-order chi connectivity index (χ1) is 10.3. The number of hydrogen-bond donors (Lipinski definition) is 3. The molecule has 22 heavy (non-hydrogen) atoms. The minimum Gasteiger partial charge on any atom is -0.388 e. The Balaban J connectivity index is 1.67. The van der Waals surface area contributed by atoms with E-state index in [0.29, 0.717) is 24.9 Å². The van der Waals surface area contributed by atoms with E-state index in [4.69, 9.17) is 0 Å². The number of carbonyl (C=O) groups excluding carboxylic acids is 1. The Morgan fingerprint density at radius 2 is 2.09 bits per heavy atom. The van der Waals surface area contributed by atoms with E-state index in [1.54, 1.807) is 6.92 Å². The highest BCUT2D eigenvalue weighted by atomic mass is 16.3. The zero-order chi connectivity index (χ0) is 16.3. The molecule has 1 aliphatic carbocycles. The van der Waals surface area contributed by atoms with Gasteiger partial charge in [-0.3, -0.25) is 4.90 Å². The first-order valence-corrected chi connectivity index (χ1v) is 8.79. The van der Waals surface area contributed by atoms with Gasteiger partial charge in [-0.25, -0.2) is 4.79 Å². The van der Waals surface area contributed by atoms with Gasteiger partial charge in [0, 0.05) is 31.2 Å². The van der Waals surface area contributed by atoms with Crippen molar-refractivity contribution >= 4 is 6.03 Å². The van der Waals surface area contributed by atoms with Crippen molar-refractivity contribution in [3.8, 4) is 0 Å². The quantitative estimate of drug-likeness (QED) is 0.674. The van der Waals surface area contributed by atoms with Crippen molar-refractivity contribution in [2.75, 3.05) is 13.1 Å². The van der Waals surface area contributed by atoms with Gasteiger partial charge in [-0.2, -0.15) is 0 Å². The number of aliphatic hydroxyl groups is 1. The molecule has 2 aliphatic rings. The third-order valence-corrected chi connectivity index (χ3v) is 4.86. The summed E-state index contributed by atoms with van der Waals surface area (Å²) >= 11 is 0. The second-order valence-corrected chi connectivity index (χ2v) is 7.97. The Kier molecular flexibility index (Phi) is 5.72. The van der Waals surface area contributed by atoms with Gasteiger partial charge in [-0.05, 0) is 51.9 Å². The number of hydrogen-bond acceptors (Lipinski definition) is 3. The molecule has 3 atom stereocenters. The first kappa shape index (κ1) is 17.5. The second kappa shape index (κ2) is 7.18. The number of carbonyl (C=O) groups is 1. The van der Waals surface area contributed by atoms with Crippen molar-refractivity contribution in [3.05, 3.63) is 0 Å². The van der Waals surface area contributed by atoms with E-state index < -0.39 is 5.60 Å². The summed E-state index contributed by atoms with van der Waals surface area (Å²) in [5.41, 5.74) is -0.829. The lowest BCUT2D eigenvalue weighted by atomic mass is 9.95. The van der Waals surface area contributed by atoms with Crippen molar-refractivity contribution in [2.45, 2.75) is 83.5 Å². The molecule has 0 aromatic rings. The van der Waals surface area contributed by atoms with Crippen LogP contribution in [0.15, 0.2) is 0 Å². The van der Waals surface area contributed by atoms with Gasteiger partial charge < -0.3 is 15.7 Å². The number of likely N-dealkylation sites (tertiary alicyclic amines) is 1. The van der Waals surface area contributed by atoms with E-state index in [1.807, 2.05) is 0 Å². The van der Waals surface area contributed by atoms with Gasteiger partial charge in [0.2, 0.25) is 0 Å². The molecule has 0 radical (unpaired) electrons. The van der Waals surface area contributed by atoms with Crippen LogP contribution in [0.5, 0.6) is 0 Å². The van der Waals surface area contributed by atoms with Gasteiger partial charge in [-0.15, -0.1) is 0 Å². The van der Waals surface area contributed by atoms with Gasteiger partial charge in [0.1, 0.15) is 0 Å². The number of nitrogens with one attached hydrogen (secondary N) is 2. The summed E-state index contributed by atoms with van der Waals surface area (Å²) in [7, 11) is 0.